The Morgan fingerprint density at radius 1 is 1.37 bits per heavy atom. The number of phenols is 2. The van der Waals surface area contributed by atoms with Crippen molar-refractivity contribution in [2.45, 2.75) is 32.2 Å². The van der Waals surface area contributed by atoms with Crippen LogP contribution in [0.25, 0.3) is 0 Å². The average molecular weight is 265 g/mol. The minimum absolute atomic E-state index is 0.00975. The van der Waals surface area contributed by atoms with Gasteiger partial charge in [-0.25, -0.2) is 0 Å². The van der Waals surface area contributed by atoms with E-state index in [-0.39, 0.29) is 17.5 Å². The first-order valence-electron chi connectivity index (χ1n) is 7.00. The first-order chi connectivity index (χ1) is 9.16. The van der Waals surface area contributed by atoms with Crippen molar-refractivity contribution >= 4 is 0 Å². The van der Waals surface area contributed by atoms with E-state index in [2.05, 4.69) is 5.32 Å². The third-order valence-electron chi connectivity index (χ3n) is 3.44. The van der Waals surface area contributed by atoms with Crippen LogP contribution in [0.5, 0.6) is 11.5 Å². The lowest BCUT2D eigenvalue weighted by Gasteiger charge is -2.15. The molecular formula is C15H23NO3. The number of hydrogen-bond donors (Lipinski definition) is 3. The number of ether oxygens (including phenoxy) is 1. The minimum atomic E-state index is 0.00975. The van der Waals surface area contributed by atoms with E-state index >= 15 is 0 Å². The van der Waals surface area contributed by atoms with E-state index in [0.717, 1.165) is 37.7 Å². The number of phenolic OH excluding ortho intramolecular Hbond substituents is 2. The third kappa shape index (κ3) is 4.73. The molecule has 4 nitrogen and oxygen atoms in total. The molecule has 19 heavy (non-hydrogen) atoms. The molecule has 0 amide bonds. The molecule has 106 valence electrons. The van der Waals surface area contributed by atoms with E-state index < -0.39 is 0 Å². The molecule has 1 aliphatic carbocycles. The van der Waals surface area contributed by atoms with Crippen LogP contribution in [0.1, 0.15) is 37.8 Å². The summed E-state index contributed by atoms with van der Waals surface area (Å²) in [6.07, 6.45) is 3.61. The van der Waals surface area contributed by atoms with Crippen LogP contribution in [0.4, 0.5) is 0 Å². The summed E-state index contributed by atoms with van der Waals surface area (Å²) in [6.45, 7) is 4.49. The van der Waals surface area contributed by atoms with Gasteiger partial charge in [0.25, 0.3) is 0 Å². The molecule has 0 saturated heterocycles. The SMILES string of the molecule is CC(NCCCOCC1CC1)c1cc(O)ccc1O. The van der Waals surface area contributed by atoms with Crippen molar-refractivity contribution in [3.8, 4) is 11.5 Å². The Balaban J connectivity index is 1.65. The molecule has 0 spiro atoms. The van der Waals surface area contributed by atoms with Crippen molar-refractivity contribution in [3.05, 3.63) is 23.8 Å². The molecule has 1 aromatic carbocycles. The van der Waals surface area contributed by atoms with Crippen molar-refractivity contribution < 1.29 is 14.9 Å². The van der Waals surface area contributed by atoms with Gasteiger partial charge in [0, 0.05) is 24.8 Å². The molecule has 0 heterocycles. The van der Waals surface area contributed by atoms with Crippen LogP contribution in [0.3, 0.4) is 0 Å². The first kappa shape index (κ1) is 14.2. The molecule has 1 saturated carbocycles. The summed E-state index contributed by atoms with van der Waals surface area (Å²) >= 11 is 0. The maximum Gasteiger partial charge on any atom is 0.120 e. The zero-order valence-corrected chi connectivity index (χ0v) is 11.4. The molecule has 4 heteroatoms. The third-order valence-corrected chi connectivity index (χ3v) is 3.44. The Kier molecular flexibility index (Phi) is 5.05. The van der Waals surface area contributed by atoms with Gasteiger partial charge in [-0.05, 0) is 56.8 Å². The van der Waals surface area contributed by atoms with E-state index in [1.807, 2.05) is 6.92 Å². The summed E-state index contributed by atoms with van der Waals surface area (Å²) in [5, 5.41) is 22.5. The van der Waals surface area contributed by atoms with E-state index in [1.165, 1.54) is 25.0 Å². The quantitative estimate of drug-likeness (QED) is 0.499. The monoisotopic (exact) mass is 265 g/mol. The minimum Gasteiger partial charge on any atom is -0.508 e. The Bertz CT molecular complexity index is 404. The largest absolute Gasteiger partial charge is 0.508 e. The molecular weight excluding hydrogens is 242 g/mol. The fourth-order valence-electron chi connectivity index (χ4n) is 2.03. The van der Waals surface area contributed by atoms with Crippen molar-refractivity contribution in [2.24, 2.45) is 5.92 Å². The number of hydrogen-bond acceptors (Lipinski definition) is 4. The van der Waals surface area contributed by atoms with E-state index in [4.69, 9.17) is 4.74 Å². The van der Waals surface area contributed by atoms with E-state index in [0.29, 0.717) is 0 Å². The Labute approximate surface area is 114 Å². The Hall–Kier alpha value is -1.26. The average Bonchev–Trinajstić information content (AvgIpc) is 3.20. The topological polar surface area (TPSA) is 61.7 Å². The molecule has 2 rings (SSSR count). The normalized spacial score (nSPS) is 16.5. The van der Waals surface area contributed by atoms with Crippen molar-refractivity contribution in [1.29, 1.82) is 0 Å². The predicted octanol–water partition coefficient (Wildman–Crippen LogP) is 2.57. The highest BCUT2D eigenvalue weighted by molar-refractivity contribution is 5.40. The van der Waals surface area contributed by atoms with Crippen LogP contribution in [-0.2, 0) is 4.74 Å². The van der Waals surface area contributed by atoms with Gasteiger partial charge in [0.2, 0.25) is 0 Å². The van der Waals surface area contributed by atoms with Gasteiger partial charge in [0.1, 0.15) is 11.5 Å². The summed E-state index contributed by atoms with van der Waals surface area (Å²) in [7, 11) is 0. The summed E-state index contributed by atoms with van der Waals surface area (Å²) < 4.78 is 5.56. The van der Waals surface area contributed by atoms with Crippen LogP contribution in [-0.4, -0.2) is 30.0 Å². The number of rotatable bonds is 8. The van der Waals surface area contributed by atoms with Gasteiger partial charge in [-0.1, -0.05) is 0 Å². The maximum absolute atomic E-state index is 9.74. The molecule has 1 aromatic rings. The lowest BCUT2D eigenvalue weighted by molar-refractivity contribution is 0.121. The number of benzene rings is 1. The van der Waals surface area contributed by atoms with Gasteiger partial charge >= 0.3 is 0 Å². The predicted molar refractivity (Wildman–Crippen MR) is 74.3 cm³/mol. The second-order valence-corrected chi connectivity index (χ2v) is 5.29. The lowest BCUT2D eigenvalue weighted by Crippen LogP contribution is -2.21. The van der Waals surface area contributed by atoms with Crippen molar-refractivity contribution in [3.63, 3.8) is 0 Å². The summed E-state index contributed by atoms with van der Waals surface area (Å²) in [6, 6.07) is 4.60. The lowest BCUT2D eigenvalue weighted by atomic mass is 10.1. The second-order valence-electron chi connectivity index (χ2n) is 5.29. The summed E-state index contributed by atoms with van der Waals surface area (Å²) in [5.74, 6) is 1.20. The summed E-state index contributed by atoms with van der Waals surface area (Å²) in [4.78, 5) is 0. The van der Waals surface area contributed by atoms with Gasteiger partial charge in [0.05, 0.1) is 0 Å². The molecule has 0 bridgehead atoms. The van der Waals surface area contributed by atoms with Crippen molar-refractivity contribution in [2.75, 3.05) is 19.8 Å². The van der Waals surface area contributed by atoms with Crippen LogP contribution < -0.4 is 5.32 Å². The molecule has 0 aliphatic heterocycles. The standard InChI is InChI=1S/C15H23NO3/c1-11(14-9-13(17)5-6-15(14)18)16-7-2-8-19-10-12-3-4-12/h5-6,9,11-12,16-18H,2-4,7-8,10H2,1H3. The molecule has 1 unspecified atom stereocenters. The fourth-order valence-corrected chi connectivity index (χ4v) is 2.03. The van der Waals surface area contributed by atoms with Crippen LogP contribution in [0.2, 0.25) is 0 Å². The van der Waals surface area contributed by atoms with Crippen molar-refractivity contribution in [1.82, 2.24) is 5.32 Å². The molecule has 3 N–H and O–H groups in total. The van der Waals surface area contributed by atoms with Gasteiger partial charge < -0.3 is 20.3 Å². The Morgan fingerprint density at radius 2 is 2.16 bits per heavy atom. The van der Waals surface area contributed by atoms with Gasteiger partial charge in [-0.3, -0.25) is 0 Å². The Morgan fingerprint density at radius 3 is 2.89 bits per heavy atom. The van der Waals surface area contributed by atoms with Crippen LogP contribution in [0.15, 0.2) is 18.2 Å². The van der Waals surface area contributed by atoms with Crippen LogP contribution >= 0.6 is 0 Å². The van der Waals surface area contributed by atoms with Gasteiger partial charge in [-0.2, -0.15) is 0 Å². The first-order valence-corrected chi connectivity index (χ1v) is 7.00. The van der Waals surface area contributed by atoms with Crippen LogP contribution in [0, 0.1) is 5.92 Å². The second kappa shape index (κ2) is 6.78. The highest BCUT2D eigenvalue weighted by Gasteiger charge is 2.20. The van der Waals surface area contributed by atoms with Gasteiger partial charge in [-0.15, -0.1) is 0 Å². The molecule has 0 radical (unpaired) electrons. The van der Waals surface area contributed by atoms with Gasteiger partial charge in [0.15, 0.2) is 0 Å². The fraction of sp³-hybridized carbons (Fsp3) is 0.600. The molecule has 1 fully saturated rings. The summed E-state index contributed by atoms with van der Waals surface area (Å²) in [5.41, 5.74) is 0.721. The molecule has 0 aromatic heterocycles. The zero-order chi connectivity index (χ0) is 13.7. The smallest absolute Gasteiger partial charge is 0.120 e. The maximum atomic E-state index is 9.74. The number of nitrogens with one attached hydrogen (secondary N) is 1. The molecule has 1 atom stereocenters. The molecule has 1 aliphatic rings. The van der Waals surface area contributed by atoms with E-state index in [1.54, 1.807) is 6.07 Å². The zero-order valence-electron chi connectivity index (χ0n) is 11.4. The van der Waals surface area contributed by atoms with E-state index in [9.17, 15) is 10.2 Å². The highest BCUT2D eigenvalue weighted by atomic mass is 16.5. The highest BCUT2D eigenvalue weighted by Crippen LogP contribution is 2.29. The number of aromatic hydroxyl groups is 2.